The van der Waals surface area contributed by atoms with Crippen LogP contribution < -0.4 is 15.5 Å². The van der Waals surface area contributed by atoms with Crippen LogP contribution in [-0.4, -0.2) is 23.2 Å². The maximum absolute atomic E-state index is 5.65. The maximum Gasteiger partial charge on any atom is 0.170 e. The number of hydrogen-bond acceptors (Lipinski definition) is 3. The van der Waals surface area contributed by atoms with Crippen molar-refractivity contribution in [1.29, 1.82) is 0 Å². The molecule has 1 fully saturated rings. The van der Waals surface area contributed by atoms with Crippen molar-refractivity contribution in [3.05, 3.63) is 84.1 Å². The molecule has 0 bridgehead atoms. The molecule has 3 aromatic rings. The van der Waals surface area contributed by atoms with Crippen LogP contribution in [0.25, 0.3) is 0 Å². The Labute approximate surface area is 202 Å². The molecule has 4 nitrogen and oxygen atoms in total. The number of thiocarbonyl (C=S) groups is 1. The lowest BCUT2D eigenvalue weighted by molar-refractivity contribution is 0.292. The molecule has 0 radical (unpaired) electrons. The van der Waals surface area contributed by atoms with Crippen molar-refractivity contribution < 1.29 is 0 Å². The van der Waals surface area contributed by atoms with E-state index in [1.165, 1.54) is 48.9 Å². The average molecular weight is 457 g/mol. The number of benzene rings is 2. The summed E-state index contributed by atoms with van der Waals surface area (Å²) in [5, 5.41) is 7.51. The summed E-state index contributed by atoms with van der Waals surface area (Å²) < 4.78 is 0. The minimum atomic E-state index is 0.162. The minimum absolute atomic E-state index is 0.162. The largest absolute Gasteiger partial charge is 0.362 e. The van der Waals surface area contributed by atoms with Crippen LogP contribution in [-0.2, 0) is 11.8 Å². The number of hydrogen-bond donors (Lipinski definition) is 2. The number of anilines is 3. The fourth-order valence-electron chi connectivity index (χ4n) is 5.40. The van der Waals surface area contributed by atoms with Crippen LogP contribution in [0.5, 0.6) is 0 Å². The summed E-state index contributed by atoms with van der Waals surface area (Å²) in [6.07, 6.45) is 10.5. The Kier molecular flexibility index (Phi) is 6.58. The van der Waals surface area contributed by atoms with Gasteiger partial charge in [-0.2, -0.15) is 0 Å². The lowest BCUT2D eigenvalue weighted by atomic mass is 9.69. The molecule has 5 heteroatoms. The van der Waals surface area contributed by atoms with Gasteiger partial charge in [0.1, 0.15) is 5.82 Å². The third kappa shape index (κ3) is 4.88. The standard InChI is InChI=1S/C28H32N4S/c33-27(30-21-28(17-7-2-8-18-28)23-12-3-1-4-13-23)31-24-15-16-26(29-20-24)32-19-9-11-22-10-5-6-14-25(22)32/h1,3-6,10,12-16,20H,2,7-9,11,17-19,21H2,(H2,30,31,33). The van der Waals surface area contributed by atoms with Gasteiger partial charge in [-0.1, -0.05) is 67.8 Å². The van der Waals surface area contributed by atoms with Crippen LogP contribution in [0.1, 0.15) is 49.7 Å². The fraction of sp³-hybridized carbons (Fsp3) is 0.357. The van der Waals surface area contributed by atoms with E-state index in [9.17, 15) is 0 Å². The topological polar surface area (TPSA) is 40.2 Å². The summed E-state index contributed by atoms with van der Waals surface area (Å²) in [5.41, 5.74) is 5.17. The zero-order valence-corrected chi connectivity index (χ0v) is 19.9. The van der Waals surface area contributed by atoms with Gasteiger partial charge in [0.05, 0.1) is 11.9 Å². The van der Waals surface area contributed by atoms with E-state index in [4.69, 9.17) is 17.2 Å². The lowest BCUT2D eigenvalue weighted by Gasteiger charge is -2.38. The highest BCUT2D eigenvalue weighted by Crippen LogP contribution is 2.39. The lowest BCUT2D eigenvalue weighted by Crippen LogP contribution is -2.43. The van der Waals surface area contributed by atoms with Gasteiger partial charge in [-0.3, -0.25) is 0 Å². The van der Waals surface area contributed by atoms with Crippen LogP contribution in [0.15, 0.2) is 72.9 Å². The first-order valence-corrected chi connectivity index (χ1v) is 12.6. The SMILES string of the molecule is S=C(NCC1(c2ccccc2)CCCCC1)Nc1ccc(N2CCCc3ccccc32)nc1. The first-order valence-electron chi connectivity index (χ1n) is 12.2. The van der Waals surface area contributed by atoms with Crippen LogP contribution in [0, 0.1) is 0 Å². The van der Waals surface area contributed by atoms with E-state index >= 15 is 0 Å². The molecule has 170 valence electrons. The number of nitrogens with one attached hydrogen (secondary N) is 2. The molecule has 5 rings (SSSR count). The van der Waals surface area contributed by atoms with Gasteiger partial charge in [-0.15, -0.1) is 0 Å². The second-order valence-electron chi connectivity index (χ2n) is 9.30. The third-order valence-corrected chi connectivity index (χ3v) is 7.42. The first kappa shape index (κ1) is 21.9. The summed E-state index contributed by atoms with van der Waals surface area (Å²) in [7, 11) is 0. The maximum atomic E-state index is 5.65. The number of nitrogens with zero attached hydrogens (tertiary/aromatic N) is 2. The Balaban J connectivity index is 1.23. The Morgan fingerprint density at radius 1 is 0.909 bits per heavy atom. The van der Waals surface area contributed by atoms with E-state index in [0.29, 0.717) is 5.11 Å². The van der Waals surface area contributed by atoms with Crippen molar-refractivity contribution in [1.82, 2.24) is 10.3 Å². The average Bonchev–Trinajstić information content (AvgIpc) is 2.89. The molecule has 1 aliphatic heterocycles. The molecule has 1 saturated carbocycles. The van der Waals surface area contributed by atoms with Gasteiger partial charge >= 0.3 is 0 Å². The molecule has 2 aromatic carbocycles. The molecule has 0 unspecified atom stereocenters. The van der Waals surface area contributed by atoms with Gasteiger partial charge in [0.15, 0.2) is 5.11 Å². The van der Waals surface area contributed by atoms with Crippen molar-refractivity contribution in [2.75, 3.05) is 23.3 Å². The summed E-state index contributed by atoms with van der Waals surface area (Å²) >= 11 is 5.65. The zero-order valence-electron chi connectivity index (χ0n) is 19.1. The summed E-state index contributed by atoms with van der Waals surface area (Å²) in [6.45, 7) is 1.86. The predicted octanol–water partition coefficient (Wildman–Crippen LogP) is 6.35. The molecule has 1 aromatic heterocycles. The van der Waals surface area contributed by atoms with Gasteiger partial charge in [0, 0.05) is 24.2 Å². The second-order valence-corrected chi connectivity index (χ2v) is 9.71. The summed E-state index contributed by atoms with van der Waals surface area (Å²) in [4.78, 5) is 7.05. The third-order valence-electron chi connectivity index (χ3n) is 7.18. The number of aryl methyl sites for hydroxylation is 1. The van der Waals surface area contributed by atoms with Crippen molar-refractivity contribution in [2.45, 2.75) is 50.4 Å². The molecule has 33 heavy (non-hydrogen) atoms. The number of para-hydroxylation sites is 1. The van der Waals surface area contributed by atoms with E-state index in [1.807, 2.05) is 6.20 Å². The molecule has 1 aliphatic carbocycles. The highest BCUT2D eigenvalue weighted by atomic mass is 32.1. The van der Waals surface area contributed by atoms with Crippen molar-refractivity contribution in [3.63, 3.8) is 0 Å². The molecular formula is C28H32N4S. The van der Waals surface area contributed by atoms with E-state index < -0.39 is 0 Å². The van der Waals surface area contributed by atoms with Gasteiger partial charge in [-0.05, 0) is 67.2 Å². The van der Waals surface area contributed by atoms with E-state index in [2.05, 4.69) is 82.3 Å². The van der Waals surface area contributed by atoms with Crippen LogP contribution in [0.4, 0.5) is 17.2 Å². The molecular weight excluding hydrogens is 424 g/mol. The summed E-state index contributed by atoms with van der Waals surface area (Å²) in [6, 6.07) is 23.7. The van der Waals surface area contributed by atoms with Crippen LogP contribution >= 0.6 is 12.2 Å². The molecule has 2 N–H and O–H groups in total. The van der Waals surface area contributed by atoms with Crippen LogP contribution in [0.3, 0.4) is 0 Å². The quantitative estimate of drug-likeness (QED) is 0.438. The fourth-order valence-corrected chi connectivity index (χ4v) is 5.59. The summed E-state index contributed by atoms with van der Waals surface area (Å²) in [5.74, 6) is 0.983. The number of fused-ring (bicyclic) bond motifs is 1. The zero-order chi connectivity index (χ0) is 22.5. The first-order chi connectivity index (χ1) is 16.2. The molecule has 0 atom stereocenters. The second kappa shape index (κ2) is 9.92. The molecule has 2 heterocycles. The smallest absolute Gasteiger partial charge is 0.170 e. The number of aromatic nitrogens is 1. The highest BCUT2D eigenvalue weighted by Gasteiger charge is 2.33. The number of pyridine rings is 1. The minimum Gasteiger partial charge on any atom is -0.362 e. The molecule has 0 amide bonds. The Bertz CT molecular complexity index is 1070. The van der Waals surface area contributed by atoms with E-state index in [-0.39, 0.29) is 5.41 Å². The highest BCUT2D eigenvalue weighted by molar-refractivity contribution is 7.80. The van der Waals surface area contributed by atoms with Gasteiger partial charge in [-0.25, -0.2) is 4.98 Å². The molecule has 2 aliphatic rings. The monoisotopic (exact) mass is 456 g/mol. The molecule has 0 spiro atoms. The van der Waals surface area contributed by atoms with E-state index in [0.717, 1.165) is 37.4 Å². The predicted molar refractivity (Wildman–Crippen MR) is 141 cm³/mol. The van der Waals surface area contributed by atoms with Crippen molar-refractivity contribution >= 4 is 34.5 Å². The number of rotatable bonds is 5. The van der Waals surface area contributed by atoms with Crippen LogP contribution in [0.2, 0.25) is 0 Å². The van der Waals surface area contributed by atoms with Gasteiger partial charge in [0.2, 0.25) is 0 Å². The normalized spacial score (nSPS) is 17.2. The van der Waals surface area contributed by atoms with Gasteiger partial charge < -0.3 is 15.5 Å². The Morgan fingerprint density at radius 3 is 2.48 bits per heavy atom. The molecule has 0 saturated heterocycles. The Morgan fingerprint density at radius 2 is 1.70 bits per heavy atom. The van der Waals surface area contributed by atoms with Gasteiger partial charge in [0.25, 0.3) is 0 Å². The van der Waals surface area contributed by atoms with Crippen molar-refractivity contribution in [3.8, 4) is 0 Å². The van der Waals surface area contributed by atoms with E-state index in [1.54, 1.807) is 0 Å². The van der Waals surface area contributed by atoms with Crippen molar-refractivity contribution in [2.24, 2.45) is 0 Å². The Hall–Kier alpha value is -2.92.